The molecule has 1 aliphatic rings. The number of rotatable bonds is 5. The molecule has 0 saturated carbocycles. The summed E-state index contributed by atoms with van der Waals surface area (Å²) in [6, 6.07) is 4.39. The van der Waals surface area contributed by atoms with Crippen LogP contribution in [0.1, 0.15) is 58.6 Å². The summed E-state index contributed by atoms with van der Waals surface area (Å²) in [6.45, 7) is 10.1. The highest BCUT2D eigenvalue weighted by molar-refractivity contribution is 6.00. The van der Waals surface area contributed by atoms with Crippen molar-refractivity contribution in [3.63, 3.8) is 0 Å². The Bertz CT molecular complexity index is 1400. The lowest BCUT2D eigenvalue weighted by Crippen LogP contribution is -2.32. The summed E-state index contributed by atoms with van der Waals surface area (Å²) in [5.74, 6) is 0.370. The van der Waals surface area contributed by atoms with Crippen molar-refractivity contribution in [3.8, 4) is 17.2 Å². The third-order valence-corrected chi connectivity index (χ3v) is 6.01. The Kier molecular flexibility index (Phi) is 5.83. The molecule has 0 amide bonds. The van der Waals surface area contributed by atoms with E-state index < -0.39 is 5.60 Å². The predicted molar refractivity (Wildman–Crippen MR) is 133 cm³/mol. The average Bonchev–Trinajstić information content (AvgIpc) is 2.73. The molecule has 1 aliphatic heterocycles. The van der Waals surface area contributed by atoms with Crippen LogP contribution >= 0.6 is 0 Å². The van der Waals surface area contributed by atoms with E-state index in [2.05, 4.69) is 19.9 Å². The maximum Gasteiger partial charge on any atom is 0.204 e. The van der Waals surface area contributed by atoms with Gasteiger partial charge in [0, 0.05) is 5.56 Å². The fourth-order valence-electron chi connectivity index (χ4n) is 4.18. The van der Waals surface area contributed by atoms with E-state index in [1.807, 2.05) is 39.0 Å². The van der Waals surface area contributed by atoms with Crippen molar-refractivity contribution in [3.05, 3.63) is 68.9 Å². The zero-order chi connectivity index (χ0) is 23.9. The van der Waals surface area contributed by atoms with Gasteiger partial charge < -0.3 is 19.4 Å². The molecule has 0 fully saturated rings. The van der Waals surface area contributed by atoms with E-state index in [-0.39, 0.29) is 33.3 Å². The maximum absolute atomic E-state index is 13.4. The quantitative estimate of drug-likeness (QED) is 0.334. The third kappa shape index (κ3) is 4.28. The molecule has 2 heterocycles. The van der Waals surface area contributed by atoms with E-state index in [9.17, 15) is 15.0 Å². The molecule has 0 radical (unpaired) electrons. The second kappa shape index (κ2) is 8.47. The average molecular weight is 447 g/mol. The van der Waals surface area contributed by atoms with E-state index in [4.69, 9.17) is 9.15 Å². The van der Waals surface area contributed by atoms with Crippen molar-refractivity contribution in [2.45, 2.75) is 59.5 Å². The molecule has 0 aliphatic carbocycles. The second-order valence-corrected chi connectivity index (χ2v) is 9.44. The first-order valence-electron chi connectivity index (χ1n) is 11.2. The summed E-state index contributed by atoms with van der Waals surface area (Å²) >= 11 is 0. The largest absolute Gasteiger partial charge is 0.508 e. The molecular weight excluding hydrogens is 416 g/mol. The van der Waals surface area contributed by atoms with Gasteiger partial charge in [-0.25, -0.2) is 0 Å². The Hall–Kier alpha value is -3.47. The van der Waals surface area contributed by atoms with Crippen LogP contribution in [-0.2, 0) is 6.42 Å². The minimum atomic E-state index is -0.554. The summed E-state index contributed by atoms with van der Waals surface area (Å²) in [5.41, 5.74) is 3.24. The van der Waals surface area contributed by atoms with Gasteiger partial charge in [0.05, 0.1) is 10.9 Å². The highest BCUT2D eigenvalue weighted by Gasteiger charge is 2.32. The molecule has 4 rings (SSSR count). The van der Waals surface area contributed by atoms with Gasteiger partial charge in [0.15, 0.2) is 5.58 Å². The lowest BCUT2D eigenvalue weighted by molar-refractivity contribution is 0.127. The number of ether oxygens (including phenoxy) is 1. The molecule has 0 spiro atoms. The lowest BCUT2D eigenvalue weighted by atomic mass is 9.91. The zero-order valence-electron chi connectivity index (χ0n) is 19.8. The van der Waals surface area contributed by atoms with Gasteiger partial charge in [0.2, 0.25) is 5.43 Å². The fourth-order valence-corrected chi connectivity index (χ4v) is 4.18. The summed E-state index contributed by atoms with van der Waals surface area (Å²) < 4.78 is 12.6. The predicted octanol–water partition coefficient (Wildman–Crippen LogP) is 6.78. The SMILES string of the molecule is CC(C)=CCC[C@@]1(C)C=Cc2c(c(CC=C(C)C)c(O)c3c(=O)c4cc(O)ccc4oc23)O1. The monoisotopic (exact) mass is 446 g/mol. The number of hydrogen-bond acceptors (Lipinski definition) is 5. The van der Waals surface area contributed by atoms with Crippen LogP contribution in [0.4, 0.5) is 0 Å². The van der Waals surface area contributed by atoms with Gasteiger partial charge in [-0.3, -0.25) is 4.79 Å². The fraction of sp³-hybridized carbons (Fsp3) is 0.321. The minimum absolute atomic E-state index is 0.0354. The summed E-state index contributed by atoms with van der Waals surface area (Å²) in [5, 5.41) is 21.5. The number of phenolic OH excluding ortho intramolecular Hbond substituents is 2. The van der Waals surface area contributed by atoms with E-state index in [0.29, 0.717) is 28.9 Å². The van der Waals surface area contributed by atoms with Crippen LogP contribution in [0.5, 0.6) is 17.2 Å². The molecule has 1 atom stereocenters. The Balaban J connectivity index is 1.98. The highest BCUT2D eigenvalue weighted by Crippen LogP contribution is 2.46. The van der Waals surface area contributed by atoms with Gasteiger partial charge >= 0.3 is 0 Å². The molecule has 33 heavy (non-hydrogen) atoms. The molecule has 2 aromatic carbocycles. The van der Waals surface area contributed by atoms with Crippen molar-refractivity contribution < 1.29 is 19.4 Å². The van der Waals surface area contributed by atoms with Crippen LogP contribution in [0.2, 0.25) is 0 Å². The summed E-state index contributed by atoms with van der Waals surface area (Å²) in [4.78, 5) is 13.4. The molecule has 2 N–H and O–H groups in total. The maximum atomic E-state index is 13.4. The van der Waals surface area contributed by atoms with Gasteiger partial charge in [-0.1, -0.05) is 23.3 Å². The van der Waals surface area contributed by atoms with Gasteiger partial charge in [-0.2, -0.15) is 0 Å². The first kappa shape index (κ1) is 22.7. The van der Waals surface area contributed by atoms with Crippen molar-refractivity contribution in [2.75, 3.05) is 0 Å². The Morgan fingerprint density at radius 3 is 2.52 bits per heavy atom. The minimum Gasteiger partial charge on any atom is -0.508 e. The Morgan fingerprint density at radius 1 is 1.09 bits per heavy atom. The Morgan fingerprint density at radius 2 is 1.82 bits per heavy atom. The zero-order valence-corrected chi connectivity index (χ0v) is 19.8. The summed E-state index contributed by atoms with van der Waals surface area (Å²) in [6.07, 6.45) is 10.2. The van der Waals surface area contributed by atoms with E-state index in [0.717, 1.165) is 18.4 Å². The van der Waals surface area contributed by atoms with Crippen LogP contribution < -0.4 is 10.2 Å². The van der Waals surface area contributed by atoms with Crippen molar-refractivity contribution >= 4 is 28.0 Å². The van der Waals surface area contributed by atoms with Crippen LogP contribution in [0.15, 0.2) is 56.8 Å². The topological polar surface area (TPSA) is 79.9 Å². The van der Waals surface area contributed by atoms with Gasteiger partial charge in [0.25, 0.3) is 0 Å². The molecule has 3 aromatic rings. The standard InChI is InChI=1S/C28H30O5/c1-16(2)7-6-13-28(5)14-12-20-26(33-28)19(10-8-17(3)4)24(30)23-25(31)21-15-18(29)9-11-22(21)32-27(20)23/h7-9,11-12,14-15,29-30H,6,10,13H2,1-5H3/t28-/m0/s1. The van der Waals surface area contributed by atoms with Gasteiger partial charge in [-0.05, 0) is 84.2 Å². The molecule has 0 saturated heterocycles. The molecule has 172 valence electrons. The van der Waals surface area contributed by atoms with E-state index in [1.54, 1.807) is 6.07 Å². The van der Waals surface area contributed by atoms with Gasteiger partial charge in [-0.15, -0.1) is 0 Å². The smallest absolute Gasteiger partial charge is 0.204 e. The number of fused-ring (bicyclic) bond motifs is 4. The molecular formula is C28H30O5. The van der Waals surface area contributed by atoms with Crippen LogP contribution in [-0.4, -0.2) is 15.8 Å². The van der Waals surface area contributed by atoms with Crippen LogP contribution in [0, 0.1) is 0 Å². The number of benzene rings is 2. The van der Waals surface area contributed by atoms with Crippen molar-refractivity contribution in [1.82, 2.24) is 0 Å². The molecule has 0 bridgehead atoms. The number of aromatic hydroxyl groups is 2. The van der Waals surface area contributed by atoms with Crippen LogP contribution in [0.3, 0.4) is 0 Å². The molecule has 5 heteroatoms. The van der Waals surface area contributed by atoms with E-state index in [1.165, 1.54) is 17.7 Å². The van der Waals surface area contributed by atoms with Gasteiger partial charge in [0.1, 0.15) is 33.8 Å². The lowest BCUT2D eigenvalue weighted by Gasteiger charge is -2.33. The normalized spacial score (nSPS) is 17.0. The molecule has 5 nitrogen and oxygen atoms in total. The second-order valence-electron chi connectivity index (χ2n) is 9.44. The number of hydrogen-bond donors (Lipinski definition) is 2. The van der Waals surface area contributed by atoms with Crippen LogP contribution in [0.25, 0.3) is 28.0 Å². The van der Waals surface area contributed by atoms with Crippen molar-refractivity contribution in [1.29, 1.82) is 0 Å². The number of allylic oxidation sites excluding steroid dienone is 4. The Labute approximate surface area is 193 Å². The first-order valence-corrected chi connectivity index (χ1v) is 11.2. The van der Waals surface area contributed by atoms with E-state index >= 15 is 0 Å². The summed E-state index contributed by atoms with van der Waals surface area (Å²) in [7, 11) is 0. The van der Waals surface area contributed by atoms with Crippen molar-refractivity contribution in [2.24, 2.45) is 0 Å². The third-order valence-electron chi connectivity index (χ3n) is 6.01. The first-order chi connectivity index (χ1) is 15.6. The molecule has 1 aromatic heterocycles. The molecule has 0 unspecified atom stereocenters. The number of phenols is 2. The highest BCUT2D eigenvalue weighted by atomic mass is 16.5.